The third-order valence-electron chi connectivity index (χ3n) is 5.23. The molecule has 1 amide bonds. The fraction of sp³-hybridized carbons (Fsp3) is 0.0370. The highest BCUT2D eigenvalue weighted by Gasteiger charge is 2.11. The van der Waals surface area contributed by atoms with Crippen molar-refractivity contribution in [3.63, 3.8) is 0 Å². The van der Waals surface area contributed by atoms with Crippen LogP contribution in [0.3, 0.4) is 0 Å². The van der Waals surface area contributed by atoms with Crippen molar-refractivity contribution in [3.8, 4) is 16.9 Å². The average Bonchev–Trinajstić information content (AvgIpc) is 2.83. The van der Waals surface area contributed by atoms with Gasteiger partial charge in [0, 0.05) is 28.6 Å². The highest BCUT2D eigenvalue weighted by molar-refractivity contribution is 6.02. The molecule has 32 heavy (non-hydrogen) atoms. The van der Waals surface area contributed by atoms with Gasteiger partial charge in [-0.1, -0.05) is 66.7 Å². The summed E-state index contributed by atoms with van der Waals surface area (Å²) >= 11 is 0. The van der Waals surface area contributed by atoms with Crippen LogP contribution in [0, 0.1) is 0 Å². The molecule has 0 atom stereocenters. The number of ether oxygens (including phenoxy) is 1. The van der Waals surface area contributed by atoms with Crippen LogP contribution in [-0.2, 0) is 4.79 Å². The van der Waals surface area contributed by atoms with Crippen LogP contribution in [0.4, 0.5) is 5.69 Å². The van der Waals surface area contributed by atoms with Crippen molar-refractivity contribution >= 4 is 33.3 Å². The van der Waals surface area contributed by atoms with E-state index in [2.05, 4.69) is 5.32 Å². The van der Waals surface area contributed by atoms with E-state index in [4.69, 9.17) is 9.15 Å². The Morgan fingerprint density at radius 2 is 1.59 bits per heavy atom. The first kappa shape index (κ1) is 19.6. The second kappa shape index (κ2) is 8.40. The first-order chi connectivity index (χ1) is 15.7. The molecule has 0 saturated heterocycles. The SMILES string of the molecule is O=C(COc1ccc2c(-c3ccccc3)cc(=O)oc2c1)Nc1cccc2ccccc12. The maximum atomic E-state index is 12.5. The number of anilines is 1. The number of carbonyl (C=O) groups is 1. The molecule has 0 aliphatic rings. The summed E-state index contributed by atoms with van der Waals surface area (Å²) in [6.07, 6.45) is 0. The van der Waals surface area contributed by atoms with Gasteiger partial charge < -0.3 is 14.5 Å². The number of rotatable bonds is 5. The number of fused-ring (bicyclic) bond motifs is 2. The van der Waals surface area contributed by atoms with Gasteiger partial charge in [0.1, 0.15) is 11.3 Å². The van der Waals surface area contributed by atoms with Crippen molar-refractivity contribution in [2.45, 2.75) is 0 Å². The minimum Gasteiger partial charge on any atom is -0.484 e. The Hall–Kier alpha value is -4.38. The Morgan fingerprint density at radius 3 is 2.47 bits per heavy atom. The lowest BCUT2D eigenvalue weighted by Gasteiger charge is -2.11. The molecule has 0 saturated carbocycles. The van der Waals surface area contributed by atoms with Crippen LogP contribution in [0.15, 0.2) is 106 Å². The highest BCUT2D eigenvalue weighted by Crippen LogP contribution is 2.29. The predicted octanol–water partition coefficient (Wildman–Crippen LogP) is 5.63. The van der Waals surface area contributed by atoms with E-state index in [1.54, 1.807) is 12.1 Å². The lowest BCUT2D eigenvalue weighted by molar-refractivity contribution is -0.118. The van der Waals surface area contributed by atoms with Crippen LogP contribution < -0.4 is 15.7 Å². The zero-order chi connectivity index (χ0) is 21.9. The molecule has 1 N–H and O–H groups in total. The highest BCUT2D eigenvalue weighted by atomic mass is 16.5. The van der Waals surface area contributed by atoms with Crippen LogP contribution in [0.25, 0.3) is 32.9 Å². The number of carbonyl (C=O) groups excluding carboxylic acids is 1. The molecular formula is C27H19NO4. The molecule has 0 bridgehead atoms. The van der Waals surface area contributed by atoms with Gasteiger partial charge in [-0.05, 0) is 34.7 Å². The lowest BCUT2D eigenvalue weighted by atomic mass is 10.0. The predicted molar refractivity (Wildman–Crippen MR) is 126 cm³/mol. The maximum Gasteiger partial charge on any atom is 0.336 e. The normalized spacial score (nSPS) is 10.9. The Labute approximate surface area is 183 Å². The van der Waals surface area contributed by atoms with Gasteiger partial charge in [0.25, 0.3) is 5.91 Å². The quantitative estimate of drug-likeness (QED) is 0.374. The zero-order valence-corrected chi connectivity index (χ0v) is 17.1. The molecule has 4 aromatic carbocycles. The van der Waals surface area contributed by atoms with Crippen molar-refractivity contribution in [2.75, 3.05) is 11.9 Å². The van der Waals surface area contributed by atoms with Crippen molar-refractivity contribution in [1.82, 2.24) is 0 Å². The van der Waals surface area contributed by atoms with Crippen LogP contribution in [0.2, 0.25) is 0 Å². The molecule has 0 fully saturated rings. The Bertz CT molecular complexity index is 1480. The lowest BCUT2D eigenvalue weighted by Crippen LogP contribution is -2.20. The van der Waals surface area contributed by atoms with Crippen molar-refractivity contribution in [2.24, 2.45) is 0 Å². The zero-order valence-electron chi connectivity index (χ0n) is 17.1. The largest absolute Gasteiger partial charge is 0.484 e. The molecular weight excluding hydrogens is 402 g/mol. The summed E-state index contributed by atoms with van der Waals surface area (Å²) in [7, 11) is 0. The standard InChI is InChI=1S/C27H19NO4/c29-26(28-24-12-6-10-18-9-4-5-11-21(18)24)17-31-20-13-14-22-23(19-7-2-1-3-8-19)16-27(30)32-25(22)15-20/h1-16H,17H2,(H,28,29). The smallest absolute Gasteiger partial charge is 0.336 e. The van der Waals surface area contributed by atoms with Gasteiger partial charge in [-0.15, -0.1) is 0 Å². The van der Waals surface area contributed by atoms with Crippen LogP contribution in [0.5, 0.6) is 5.75 Å². The van der Waals surface area contributed by atoms with Gasteiger partial charge in [-0.25, -0.2) is 4.79 Å². The van der Waals surface area contributed by atoms with E-state index < -0.39 is 5.63 Å². The number of hydrogen-bond donors (Lipinski definition) is 1. The van der Waals surface area contributed by atoms with Gasteiger partial charge in [0.05, 0.1) is 0 Å². The van der Waals surface area contributed by atoms with Gasteiger partial charge in [-0.2, -0.15) is 0 Å². The van der Waals surface area contributed by atoms with E-state index in [9.17, 15) is 9.59 Å². The van der Waals surface area contributed by atoms with E-state index in [1.165, 1.54) is 6.07 Å². The van der Waals surface area contributed by atoms with E-state index >= 15 is 0 Å². The summed E-state index contributed by atoms with van der Waals surface area (Å²) in [5.74, 6) is 0.167. The van der Waals surface area contributed by atoms with Gasteiger partial charge in [0.2, 0.25) is 0 Å². The molecule has 0 spiro atoms. The molecule has 0 aliphatic heterocycles. The fourth-order valence-electron chi connectivity index (χ4n) is 3.76. The molecule has 5 aromatic rings. The fourth-order valence-corrected chi connectivity index (χ4v) is 3.76. The molecule has 0 radical (unpaired) electrons. The third-order valence-corrected chi connectivity index (χ3v) is 5.23. The summed E-state index contributed by atoms with van der Waals surface area (Å²) in [6, 6.07) is 29.9. The second-order valence-corrected chi connectivity index (χ2v) is 7.37. The first-order valence-electron chi connectivity index (χ1n) is 10.2. The average molecular weight is 421 g/mol. The van der Waals surface area contributed by atoms with E-state index in [0.29, 0.717) is 11.3 Å². The topological polar surface area (TPSA) is 68.5 Å². The van der Waals surface area contributed by atoms with Crippen molar-refractivity contribution in [3.05, 3.63) is 107 Å². The summed E-state index contributed by atoms with van der Waals surface area (Å²) in [5.41, 5.74) is 2.41. The van der Waals surface area contributed by atoms with Gasteiger partial charge >= 0.3 is 5.63 Å². The first-order valence-corrected chi connectivity index (χ1v) is 10.2. The molecule has 5 rings (SSSR count). The second-order valence-electron chi connectivity index (χ2n) is 7.37. The van der Waals surface area contributed by atoms with Crippen molar-refractivity contribution < 1.29 is 13.9 Å². The van der Waals surface area contributed by atoms with E-state index in [0.717, 1.165) is 33.0 Å². The van der Waals surface area contributed by atoms with Crippen LogP contribution in [-0.4, -0.2) is 12.5 Å². The molecule has 5 heteroatoms. The molecule has 0 unspecified atom stereocenters. The number of hydrogen-bond acceptors (Lipinski definition) is 4. The monoisotopic (exact) mass is 421 g/mol. The summed E-state index contributed by atoms with van der Waals surface area (Å²) in [5, 5.41) is 5.70. The summed E-state index contributed by atoms with van der Waals surface area (Å²) < 4.78 is 11.1. The van der Waals surface area contributed by atoms with Gasteiger partial charge in [-0.3, -0.25) is 4.79 Å². The number of amides is 1. The van der Waals surface area contributed by atoms with E-state index in [-0.39, 0.29) is 12.5 Å². The Kier molecular flexibility index (Phi) is 5.14. The van der Waals surface area contributed by atoms with Crippen LogP contribution in [0.1, 0.15) is 0 Å². The summed E-state index contributed by atoms with van der Waals surface area (Å²) in [4.78, 5) is 24.6. The minimum absolute atomic E-state index is 0.169. The van der Waals surface area contributed by atoms with Crippen LogP contribution >= 0.6 is 0 Å². The number of benzene rings is 4. The number of nitrogens with one attached hydrogen (secondary N) is 1. The molecule has 156 valence electrons. The minimum atomic E-state index is -0.442. The molecule has 1 heterocycles. The molecule has 5 nitrogen and oxygen atoms in total. The summed E-state index contributed by atoms with van der Waals surface area (Å²) in [6.45, 7) is -0.169. The van der Waals surface area contributed by atoms with Gasteiger partial charge in [0.15, 0.2) is 6.61 Å². The maximum absolute atomic E-state index is 12.5. The van der Waals surface area contributed by atoms with Crippen molar-refractivity contribution in [1.29, 1.82) is 0 Å². The third kappa shape index (κ3) is 3.96. The molecule has 0 aliphatic carbocycles. The Balaban J connectivity index is 1.35. The van der Waals surface area contributed by atoms with E-state index in [1.807, 2.05) is 78.9 Å². The Morgan fingerprint density at radius 1 is 0.812 bits per heavy atom. The molecule has 1 aromatic heterocycles.